The third kappa shape index (κ3) is 4.38. The second kappa shape index (κ2) is 7.68. The SMILES string of the molecule is CNC(=O)c1cccc(NC(=O)COC(=O)C[C@H]2C[C@H]3CC[C@@H]2C3)c1. The molecule has 1 aromatic rings. The standard InChI is InChI=1S/C19H24N2O4/c1-20-19(24)14-3-2-4-16(9-14)21-17(22)11-25-18(23)10-15-8-12-5-6-13(15)7-12/h2-4,9,12-13,15H,5-8,10-11H2,1H3,(H,20,24)(H,21,22)/t12-,13+,15+/m0/s1. The lowest BCUT2D eigenvalue weighted by Crippen LogP contribution is -2.23. The van der Waals surface area contributed by atoms with E-state index in [-0.39, 0.29) is 18.5 Å². The number of hydrogen-bond acceptors (Lipinski definition) is 4. The number of hydrogen-bond donors (Lipinski definition) is 2. The molecule has 2 saturated carbocycles. The normalized spacial score (nSPS) is 24.0. The van der Waals surface area contributed by atoms with Crippen LogP contribution in [0.25, 0.3) is 0 Å². The summed E-state index contributed by atoms with van der Waals surface area (Å²) in [7, 11) is 1.54. The minimum Gasteiger partial charge on any atom is -0.456 e. The molecule has 0 radical (unpaired) electrons. The van der Waals surface area contributed by atoms with Crippen LogP contribution in [0.5, 0.6) is 0 Å². The number of nitrogens with one attached hydrogen (secondary N) is 2. The van der Waals surface area contributed by atoms with Crippen molar-refractivity contribution >= 4 is 23.5 Å². The van der Waals surface area contributed by atoms with E-state index in [1.165, 1.54) is 19.3 Å². The van der Waals surface area contributed by atoms with Gasteiger partial charge in [0.1, 0.15) is 0 Å². The van der Waals surface area contributed by atoms with Gasteiger partial charge in [-0.1, -0.05) is 12.5 Å². The molecule has 2 amide bonds. The van der Waals surface area contributed by atoms with Crippen molar-refractivity contribution in [3.8, 4) is 0 Å². The van der Waals surface area contributed by atoms with E-state index >= 15 is 0 Å². The Bertz CT molecular complexity index is 673. The van der Waals surface area contributed by atoms with E-state index in [1.54, 1.807) is 31.3 Å². The quantitative estimate of drug-likeness (QED) is 0.776. The van der Waals surface area contributed by atoms with Gasteiger partial charge in [0.05, 0.1) is 0 Å². The summed E-state index contributed by atoms with van der Waals surface area (Å²) in [5.41, 5.74) is 0.948. The fraction of sp³-hybridized carbons (Fsp3) is 0.526. The highest BCUT2D eigenvalue weighted by Gasteiger charge is 2.40. The van der Waals surface area contributed by atoms with Crippen LogP contribution in [-0.4, -0.2) is 31.4 Å². The highest BCUT2D eigenvalue weighted by molar-refractivity contribution is 5.97. The number of anilines is 1. The van der Waals surface area contributed by atoms with Gasteiger partial charge >= 0.3 is 5.97 Å². The van der Waals surface area contributed by atoms with E-state index in [0.717, 1.165) is 12.3 Å². The summed E-state index contributed by atoms with van der Waals surface area (Å²) in [5.74, 6) is 0.951. The number of carbonyl (C=O) groups is 3. The van der Waals surface area contributed by atoms with Gasteiger partial charge in [-0.15, -0.1) is 0 Å². The Kier molecular flexibility index (Phi) is 5.36. The highest BCUT2D eigenvalue weighted by atomic mass is 16.5. The Balaban J connectivity index is 1.43. The first-order valence-corrected chi connectivity index (χ1v) is 8.82. The van der Waals surface area contributed by atoms with Crippen molar-refractivity contribution in [2.24, 2.45) is 17.8 Å². The third-order valence-corrected chi connectivity index (χ3v) is 5.31. The predicted molar refractivity (Wildman–Crippen MR) is 93.0 cm³/mol. The average molecular weight is 344 g/mol. The molecular formula is C19H24N2O4. The number of carbonyl (C=O) groups excluding carboxylic acids is 3. The molecule has 0 aromatic heterocycles. The molecule has 1 aromatic carbocycles. The first kappa shape index (κ1) is 17.5. The molecule has 0 aliphatic heterocycles. The maximum atomic E-state index is 12.0. The number of ether oxygens (including phenoxy) is 1. The second-order valence-corrected chi connectivity index (χ2v) is 7.01. The van der Waals surface area contributed by atoms with Crippen LogP contribution in [-0.2, 0) is 14.3 Å². The Morgan fingerprint density at radius 1 is 1.20 bits per heavy atom. The van der Waals surface area contributed by atoms with E-state index in [0.29, 0.717) is 29.5 Å². The maximum Gasteiger partial charge on any atom is 0.306 e. The monoisotopic (exact) mass is 344 g/mol. The molecule has 6 nitrogen and oxygen atoms in total. The van der Waals surface area contributed by atoms with Crippen molar-refractivity contribution in [3.63, 3.8) is 0 Å². The Morgan fingerprint density at radius 3 is 2.72 bits per heavy atom. The van der Waals surface area contributed by atoms with Gasteiger partial charge in [-0.05, 0) is 55.2 Å². The summed E-state index contributed by atoms with van der Waals surface area (Å²) in [6.07, 6.45) is 5.32. The summed E-state index contributed by atoms with van der Waals surface area (Å²) in [4.78, 5) is 35.5. The number of fused-ring (bicyclic) bond motifs is 2. The number of amides is 2. The van der Waals surface area contributed by atoms with Gasteiger partial charge in [-0.2, -0.15) is 0 Å². The van der Waals surface area contributed by atoms with Gasteiger partial charge < -0.3 is 15.4 Å². The van der Waals surface area contributed by atoms with Crippen molar-refractivity contribution in [1.82, 2.24) is 5.32 Å². The zero-order valence-corrected chi connectivity index (χ0v) is 14.4. The lowest BCUT2D eigenvalue weighted by Gasteiger charge is -2.20. The number of rotatable bonds is 6. The Morgan fingerprint density at radius 2 is 2.04 bits per heavy atom. The lowest BCUT2D eigenvalue weighted by atomic mass is 9.86. The summed E-state index contributed by atoms with van der Waals surface area (Å²) in [5, 5.41) is 5.17. The zero-order valence-electron chi connectivity index (χ0n) is 14.4. The molecule has 2 fully saturated rings. The molecule has 0 saturated heterocycles. The summed E-state index contributed by atoms with van der Waals surface area (Å²) >= 11 is 0. The van der Waals surface area contributed by atoms with Crippen molar-refractivity contribution < 1.29 is 19.1 Å². The summed E-state index contributed by atoms with van der Waals surface area (Å²) in [6.45, 7) is -0.302. The van der Waals surface area contributed by atoms with Crippen LogP contribution in [0.1, 0.15) is 42.5 Å². The van der Waals surface area contributed by atoms with Crippen LogP contribution in [0.15, 0.2) is 24.3 Å². The molecule has 0 heterocycles. The summed E-state index contributed by atoms with van der Waals surface area (Å²) in [6, 6.07) is 6.60. The van der Waals surface area contributed by atoms with Gasteiger partial charge in [0.2, 0.25) is 0 Å². The van der Waals surface area contributed by atoms with E-state index in [4.69, 9.17) is 4.74 Å². The fourth-order valence-corrected chi connectivity index (χ4v) is 4.13. The van der Waals surface area contributed by atoms with Gasteiger partial charge in [0, 0.05) is 24.7 Å². The molecule has 2 bridgehead atoms. The molecule has 3 rings (SSSR count). The smallest absolute Gasteiger partial charge is 0.306 e. The molecule has 0 unspecified atom stereocenters. The Labute approximate surface area is 147 Å². The first-order valence-electron chi connectivity index (χ1n) is 8.82. The van der Waals surface area contributed by atoms with Crippen molar-refractivity contribution in [2.45, 2.75) is 32.1 Å². The zero-order chi connectivity index (χ0) is 17.8. The fourth-order valence-electron chi connectivity index (χ4n) is 4.13. The molecule has 0 spiro atoms. The van der Waals surface area contributed by atoms with E-state index < -0.39 is 5.91 Å². The van der Waals surface area contributed by atoms with Gasteiger partial charge in [-0.3, -0.25) is 14.4 Å². The molecule has 6 heteroatoms. The van der Waals surface area contributed by atoms with Crippen LogP contribution in [0.3, 0.4) is 0 Å². The van der Waals surface area contributed by atoms with E-state index in [2.05, 4.69) is 10.6 Å². The van der Waals surface area contributed by atoms with Gasteiger partial charge in [-0.25, -0.2) is 0 Å². The van der Waals surface area contributed by atoms with Gasteiger partial charge in [0.15, 0.2) is 6.61 Å². The van der Waals surface area contributed by atoms with Crippen LogP contribution in [0.2, 0.25) is 0 Å². The molecule has 2 aliphatic carbocycles. The minimum absolute atomic E-state index is 0.228. The molecule has 3 atom stereocenters. The third-order valence-electron chi connectivity index (χ3n) is 5.31. The largest absolute Gasteiger partial charge is 0.456 e. The Hall–Kier alpha value is -2.37. The number of esters is 1. The molecule has 2 N–H and O–H groups in total. The van der Waals surface area contributed by atoms with Crippen LogP contribution >= 0.6 is 0 Å². The molecule has 2 aliphatic rings. The first-order chi connectivity index (χ1) is 12.0. The second-order valence-electron chi connectivity index (χ2n) is 7.01. The van der Waals surface area contributed by atoms with E-state index in [9.17, 15) is 14.4 Å². The highest BCUT2D eigenvalue weighted by Crippen LogP contribution is 2.49. The summed E-state index contributed by atoms with van der Waals surface area (Å²) < 4.78 is 5.11. The van der Waals surface area contributed by atoms with Crippen LogP contribution in [0.4, 0.5) is 5.69 Å². The van der Waals surface area contributed by atoms with Crippen LogP contribution in [0, 0.1) is 17.8 Å². The van der Waals surface area contributed by atoms with Gasteiger partial charge in [0.25, 0.3) is 11.8 Å². The topological polar surface area (TPSA) is 84.5 Å². The van der Waals surface area contributed by atoms with E-state index in [1.807, 2.05) is 0 Å². The maximum absolute atomic E-state index is 12.0. The number of benzene rings is 1. The molecule has 25 heavy (non-hydrogen) atoms. The lowest BCUT2D eigenvalue weighted by molar-refractivity contribution is -0.148. The molecular weight excluding hydrogens is 320 g/mol. The van der Waals surface area contributed by atoms with Crippen molar-refractivity contribution in [2.75, 3.05) is 19.0 Å². The minimum atomic E-state index is -0.407. The van der Waals surface area contributed by atoms with Crippen LogP contribution < -0.4 is 10.6 Å². The average Bonchev–Trinajstić information content (AvgIpc) is 3.22. The predicted octanol–water partition coefficient (Wildman–Crippen LogP) is 2.35. The van der Waals surface area contributed by atoms with Crippen molar-refractivity contribution in [3.05, 3.63) is 29.8 Å². The van der Waals surface area contributed by atoms with Crippen molar-refractivity contribution in [1.29, 1.82) is 0 Å². The molecule has 134 valence electrons.